The average molecular weight is 396 g/mol. The van der Waals surface area contributed by atoms with Gasteiger partial charge in [0.25, 0.3) is 5.69 Å². The maximum absolute atomic E-state index is 12.8. The average Bonchev–Trinajstić information content (AvgIpc) is 2.97. The van der Waals surface area contributed by atoms with Crippen LogP contribution in [0.5, 0.6) is 0 Å². The predicted molar refractivity (Wildman–Crippen MR) is 103 cm³/mol. The van der Waals surface area contributed by atoms with E-state index < -0.39 is 16.9 Å². The highest BCUT2D eigenvalue weighted by Crippen LogP contribution is 2.26. The van der Waals surface area contributed by atoms with Crippen LogP contribution in [0.15, 0.2) is 48.5 Å². The van der Waals surface area contributed by atoms with Crippen LogP contribution >= 0.6 is 0 Å². The maximum atomic E-state index is 12.8. The second kappa shape index (κ2) is 8.19. The predicted octanol–water partition coefficient (Wildman–Crippen LogP) is 1.45. The number of benzene rings is 2. The van der Waals surface area contributed by atoms with E-state index in [-0.39, 0.29) is 42.6 Å². The summed E-state index contributed by atoms with van der Waals surface area (Å²) in [5.74, 6) is -1.38. The highest BCUT2D eigenvalue weighted by Gasteiger charge is 2.41. The van der Waals surface area contributed by atoms with Crippen molar-refractivity contribution in [3.05, 3.63) is 75.3 Å². The topological polar surface area (TPSA) is 127 Å². The molecule has 1 aliphatic rings. The van der Waals surface area contributed by atoms with Gasteiger partial charge in [-0.3, -0.25) is 34.3 Å². The van der Waals surface area contributed by atoms with Gasteiger partial charge in [0.05, 0.1) is 23.9 Å². The molecule has 0 spiro atoms. The molecule has 0 bridgehead atoms. The van der Waals surface area contributed by atoms with Crippen LogP contribution in [0.4, 0.5) is 5.69 Å². The van der Waals surface area contributed by atoms with Gasteiger partial charge in [-0.1, -0.05) is 36.4 Å². The minimum atomic E-state index is -0.763. The number of carbonyl (C=O) groups is 3. The molecule has 2 aromatic carbocycles. The van der Waals surface area contributed by atoms with E-state index in [0.717, 1.165) is 11.6 Å². The molecule has 1 fully saturated rings. The number of amides is 3. The van der Waals surface area contributed by atoms with Gasteiger partial charge < -0.3 is 5.73 Å². The molecule has 9 heteroatoms. The summed E-state index contributed by atoms with van der Waals surface area (Å²) in [5, 5.41) is 11.4. The van der Waals surface area contributed by atoms with Crippen molar-refractivity contribution in [2.45, 2.75) is 25.6 Å². The van der Waals surface area contributed by atoms with Crippen LogP contribution in [0, 0.1) is 10.1 Å². The molecule has 1 heterocycles. The Bertz CT molecular complexity index is 976. The van der Waals surface area contributed by atoms with Crippen molar-refractivity contribution in [3.63, 3.8) is 0 Å². The highest BCUT2D eigenvalue weighted by molar-refractivity contribution is 6.05. The van der Waals surface area contributed by atoms with Crippen molar-refractivity contribution in [1.82, 2.24) is 9.80 Å². The molecule has 1 saturated heterocycles. The fourth-order valence-electron chi connectivity index (χ4n) is 3.34. The second-order valence-corrected chi connectivity index (χ2v) is 6.90. The van der Waals surface area contributed by atoms with Crippen molar-refractivity contribution >= 4 is 23.4 Å². The third-order valence-electron chi connectivity index (χ3n) is 4.92. The highest BCUT2D eigenvalue weighted by atomic mass is 16.6. The van der Waals surface area contributed by atoms with E-state index in [2.05, 4.69) is 0 Å². The molecule has 1 atom stereocenters. The normalized spacial score (nSPS) is 16.5. The van der Waals surface area contributed by atoms with Gasteiger partial charge >= 0.3 is 0 Å². The third-order valence-corrected chi connectivity index (χ3v) is 4.92. The molecule has 0 radical (unpaired) electrons. The Kier molecular flexibility index (Phi) is 5.69. The fourth-order valence-corrected chi connectivity index (χ4v) is 3.34. The minimum absolute atomic E-state index is 0.00926. The minimum Gasteiger partial charge on any atom is -0.366 e. The van der Waals surface area contributed by atoms with Crippen LogP contribution < -0.4 is 5.73 Å². The first-order valence-electron chi connectivity index (χ1n) is 8.93. The molecule has 0 aromatic heterocycles. The monoisotopic (exact) mass is 396 g/mol. The zero-order valence-corrected chi connectivity index (χ0v) is 15.8. The molecule has 2 N–H and O–H groups in total. The number of carbonyl (C=O) groups excluding carboxylic acids is 3. The number of nitro groups is 1. The Labute approximate surface area is 166 Å². The molecule has 150 valence electrons. The number of likely N-dealkylation sites (tertiary alicyclic amines) is 1. The van der Waals surface area contributed by atoms with E-state index in [1.165, 1.54) is 17.0 Å². The molecule has 2 aromatic rings. The van der Waals surface area contributed by atoms with Gasteiger partial charge in [-0.05, 0) is 18.7 Å². The molecule has 1 aliphatic heterocycles. The fraction of sp³-hybridized carbons (Fsp3) is 0.250. The number of primary amides is 1. The van der Waals surface area contributed by atoms with Crippen LogP contribution in [0.2, 0.25) is 0 Å². The van der Waals surface area contributed by atoms with Crippen LogP contribution in [-0.2, 0) is 22.7 Å². The van der Waals surface area contributed by atoms with Gasteiger partial charge in [0.15, 0.2) is 0 Å². The van der Waals surface area contributed by atoms with Gasteiger partial charge in [0.2, 0.25) is 17.7 Å². The standard InChI is InChI=1S/C20H20N4O5/c1-22(12-15-8-7-14(19(21)26)9-16(15)24(28)29)17-10-18(25)23(20(17)27)11-13-5-3-2-4-6-13/h2-9,17H,10-12H2,1H3,(H2,21,26)/t17-/m1/s1. The van der Waals surface area contributed by atoms with Gasteiger partial charge in [-0.15, -0.1) is 0 Å². The lowest BCUT2D eigenvalue weighted by molar-refractivity contribution is -0.385. The van der Waals surface area contributed by atoms with E-state index >= 15 is 0 Å². The summed E-state index contributed by atoms with van der Waals surface area (Å²) >= 11 is 0. The SMILES string of the molecule is CN(Cc1ccc(C(N)=O)cc1[N+](=O)[O-])[C@@H]1CC(=O)N(Cc2ccccc2)C1=O. The van der Waals surface area contributed by atoms with Crippen LogP contribution in [0.1, 0.15) is 27.9 Å². The Morgan fingerprint density at radius 1 is 1.24 bits per heavy atom. The summed E-state index contributed by atoms with van der Waals surface area (Å²) in [5.41, 5.74) is 6.13. The van der Waals surface area contributed by atoms with Gasteiger partial charge in [-0.25, -0.2) is 0 Å². The summed E-state index contributed by atoms with van der Waals surface area (Å²) in [6, 6.07) is 12.4. The Morgan fingerprint density at radius 2 is 1.93 bits per heavy atom. The van der Waals surface area contributed by atoms with Crippen LogP contribution in [0.3, 0.4) is 0 Å². The van der Waals surface area contributed by atoms with Crippen molar-refractivity contribution in [1.29, 1.82) is 0 Å². The van der Waals surface area contributed by atoms with Crippen molar-refractivity contribution in [3.8, 4) is 0 Å². The summed E-state index contributed by atoms with van der Waals surface area (Å²) in [6.07, 6.45) is 0.00926. The number of nitrogens with zero attached hydrogens (tertiary/aromatic N) is 3. The largest absolute Gasteiger partial charge is 0.366 e. The molecular formula is C20H20N4O5. The quantitative estimate of drug-likeness (QED) is 0.429. The Morgan fingerprint density at radius 3 is 2.55 bits per heavy atom. The molecule has 0 unspecified atom stereocenters. The lowest BCUT2D eigenvalue weighted by Crippen LogP contribution is -2.39. The lowest BCUT2D eigenvalue weighted by Gasteiger charge is -2.23. The first-order chi connectivity index (χ1) is 13.8. The number of rotatable bonds is 7. The van der Waals surface area contributed by atoms with E-state index in [1.807, 2.05) is 30.3 Å². The lowest BCUT2D eigenvalue weighted by atomic mass is 10.1. The zero-order valence-electron chi connectivity index (χ0n) is 15.8. The molecule has 9 nitrogen and oxygen atoms in total. The first kappa shape index (κ1) is 20.2. The van der Waals surface area contributed by atoms with E-state index in [1.54, 1.807) is 11.9 Å². The number of hydrogen-bond donors (Lipinski definition) is 1. The van der Waals surface area contributed by atoms with Crippen molar-refractivity contribution in [2.24, 2.45) is 5.73 Å². The number of likely N-dealkylation sites (N-methyl/N-ethyl adjacent to an activating group) is 1. The molecule has 29 heavy (non-hydrogen) atoms. The number of imide groups is 1. The summed E-state index contributed by atoms with van der Waals surface area (Å²) < 4.78 is 0. The van der Waals surface area contributed by atoms with Crippen molar-refractivity contribution < 1.29 is 19.3 Å². The van der Waals surface area contributed by atoms with Crippen LogP contribution in [-0.4, -0.2) is 45.5 Å². The van der Waals surface area contributed by atoms with E-state index in [4.69, 9.17) is 5.73 Å². The van der Waals surface area contributed by atoms with Gasteiger partial charge in [-0.2, -0.15) is 0 Å². The van der Waals surface area contributed by atoms with Crippen LogP contribution in [0.25, 0.3) is 0 Å². The molecule has 0 saturated carbocycles. The molecule has 3 amide bonds. The zero-order chi connectivity index (χ0) is 21.1. The summed E-state index contributed by atoms with van der Waals surface area (Å²) in [7, 11) is 1.63. The molecule has 3 rings (SSSR count). The van der Waals surface area contributed by atoms with E-state index in [0.29, 0.717) is 5.56 Å². The van der Waals surface area contributed by atoms with Gasteiger partial charge in [0, 0.05) is 23.7 Å². The molecule has 0 aliphatic carbocycles. The number of hydrogen-bond acceptors (Lipinski definition) is 6. The second-order valence-electron chi connectivity index (χ2n) is 6.90. The smallest absolute Gasteiger partial charge is 0.274 e. The van der Waals surface area contributed by atoms with E-state index in [9.17, 15) is 24.5 Å². The third kappa shape index (κ3) is 4.30. The Balaban J connectivity index is 1.77. The summed E-state index contributed by atoms with van der Waals surface area (Å²) in [6.45, 7) is 0.258. The van der Waals surface area contributed by atoms with Gasteiger partial charge in [0.1, 0.15) is 0 Å². The van der Waals surface area contributed by atoms with Crippen molar-refractivity contribution in [2.75, 3.05) is 7.05 Å². The molecular weight excluding hydrogens is 376 g/mol. The maximum Gasteiger partial charge on any atom is 0.274 e. The Hall–Kier alpha value is -3.59. The number of nitrogens with two attached hydrogens (primary N) is 1. The summed E-state index contributed by atoms with van der Waals surface area (Å²) in [4.78, 5) is 50.0. The number of nitro benzene ring substituents is 1. The first-order valence-corrected chi connectivity index (χ1v) is 8.93.